The first kappa shape index (κ1) is 24.2. The molecule has 1 rings (SSSR count). The SMILES string of the molecule is C[SiH](C)C(CC1=[C-]CC=C1)O[Si](C)(C)C.[Cl-].[Cl-].[Ti+3]. The Hall–Kier alpha value is 1.17. The average molecular weight is 358 g/mol. The van der Waals surface area contributed by atoms with Gasteiger partial charge in [0, 0.05) is 5.73 Å². The molecule has 0 saturated carbocycles. The van der Waals surface area contributed by atoms with Gasteiger partial charge in [-0.05, 0) is 26.1 Å². The van der Waals surface area contributed by atoms with Crippen LogP contribution >= 0.6 is 0 Å². The minimum atomic E-state index is -1.39. The summed E-state index contributed by atoms with van der Waals surface area (Å²) in [7, 11) is -2.11. The fourth-order valence-corrected chi connectivity index (χ4v) is 5.70. The topological polar surface area (TPSA) is 9.23 Å². The Labute approximate surface area is 142 Å². The van der Waals surface area contributed by atoms with Gasteiger partial charge in [0.05, 0.1) is 8.80 Å². The maximum Gasteiger partial charge on any atom is 3.00 e. The van der Waals surface area contributed by atoms with Gasteiger partial charge in [0.1, 0.15) is 0 Å². The van der Waals surface area contributed by atoms with Gasteiger partial charge >= 0.3 is 21.7 Å². The van der Waals surface area contributed by atoms with Crippen molar-refractivity contribution >= 4 is 17.1 Å². The van der Waals surface area contributed by atoms with E-state index >= 15 is 0 Å². The molecule has 1 radical (unpaired) electrons. The molecule has 1 atom stereocenters. The largest absolute Gasteiger partial charge is 3.00 e. The molecule has 0 aromatic rings. The Balaban J connectivity index is -0.000000750. The average Bonchev–Trinajstić information content (AvgIpc) is 2.52. The standard InChI is InChI=1S/C12H23OSi2.2ClH.Ti/c1-14(2)12(13-15(3,4)5)10-11-8-6-7-9-11;;;/h6,8,12,14H,7,10H2,1-5H3;2*1H;/q-1;;;+3/p-2. The minimum absolute atomic E-state index is 0. The zero-order chi connectivity index (χ0) is 11.5. The molecule has 1 aliphatic rings. The van der Waals surface area contributed by atoms with Crippen molar-refractivity contribution in [2.75, 3.05) is 0 Å². The van der Waals surface area contributed by atoms with Crippen molar-refractivity contribution in [3.05, 3.63) is 23.8 Å². The molecule has 0 spiro atoms. The first-order valence-corrected chi connectivity index (χ1v) is 12.2. The maximum absolute atomic E-state index is 6.27. The van der Waals surface area contributed by atoms with E-state index in [4.69, 9.17) is 4.43 Å². The van der Waals surface area contributed by atoms with E-state index in [-0.39, 0.29) is 46.5 Å². The van der Waals surface area contributed by atoms with Crippen LogP contribution in [0.15, 0.2) is 17.7 Å². The molecule has 1 aliphatic carbocycles. The van der Waals surface area contributed by atoms with Gasteiger partial charge in [0.2, 0.25) is 0 Å². The fourth-order valence-electron chi connectivity index (χ4n) is 1.67. The van der Waals surface area contributed by atoms with Crippen LogP contribution in [0.5, 0.6) is 0 Å². The van der Waals surface area contributed by atoms with Crippen molar-refractivity contribution in [2.45, 2.75) is 51.3 Å². The van der Waals surface area contributed by atoms with Crippen LogP contribution in [0, 0.1) is 6.08 Å². The zero-order valence-corrected chi connectivity index (χ0v) is 17.1. The minimum Gasteiger partial charge on any atom is -1.00 e. The molecule has 1 unspecified atom stereocenters. The second-order valence-corrected chi connectivity index (χ2v) is 13.2. The smallest absolute Gasteiger partial charge is 1.00 e. The summed E-state index contributed by atoms with van der Waals surface area (Å²) in [5.74, 6) is 0. The van der Waals surface area contributed by atoms with Crippen LogP contribution in [0.2, 0.25) is 32.7 Å². The molecule has 0 aliphatic heterocycles. The van der Waals surface area contributed by atoms with E-state index in [1.165, 1.54) is 5.57 Å². The van der Waals surface area contributed by atoms with Crippen molar-refractivity contribution in [1.82, 2.24) is 0 Å². The van der Waals surface area contributed by atoms with Gasteiger partial charge in [-0.1, -0.05) is 13.1 Å². The summed E-state index contributed by atoms with van der Waals surface area (Å²) in [4.78, 5) is 0. The van der Waals surface area contributed by atoms with Crippen LogP contribution in [0.25, 0.3) is 0 Å². The van der Waals surface area contributed by atoms with Crippen LogP contribution in [0.1, 0.15) is 12.8 Å². The molecule has 0 fully saturated rings. The first-order valence-electron chi connectivity index (χ1n) is 5.82. The Morgan fingerprint density at radius 2 is 1.89 bits per heavy atom. The van der Waals surface area contributed by atoms with Crippen molar-refractivity contribution in [1.29, 1.82) is 0 Å². The van der Waals surface area contributed by atoms with Gasteiger partial charge in [-0.15, -0.1) is 6.42 Å². The Morgan fingerprint density at radius 1 is 1.33 bits per heavy atom. The number of rotatable bonds is 5. The Morgan fingerprint density at radius 3 is 2.22 bits per heavy atom. The molecule has 103 valence electrons. The molecular weight excluding hydrogens is 335 g/mol. The number of hydrogen-bond acceptors (Lipinski definition) is 1. The van der Waals surface area contributed by atoms with Gasteiger partial charge < -0.3 is 29.2 Å². The van der Waals surface area contributed by atoms with Gasteiger partial charge in [0.25, 0.3) is 0 Å². The van der Waals surface area contributed by atoms with Crippen molar-refractivity contribution in [2.24, 2.45) is 0 Å². The van der Waals surface area contributed by atoms with E-state index in [0.29, 0.717) is 5.73 Å². The van der Waals surface area contributed by atoms with E-state index in [1.54, 1.807) is 0 Å². The molecule has 1 nitrogen and oxygen atoms in total. The van der Waals surface area contributed by atoms with E-state index < -0.39 is 17.1 Å². The Bertz CT molecular complexity index is 276. The van der Waals surface area contributed by atoms with Crippen LogP contribution < -0.4 is 24.8 Å². The first-order chi connectivity index (χ1) is 6.88. The molecule has 0 aromatic carbocycles. The fraction of sp³-hybridized carbons (Fsp3) is 0.667. The molecule has 0 N–H and O–H groups in total. The summed E-state index contributed by atoms with van der Waals surface area (Å²) in [6.07, 6.45) is 9.86. The van der Waals surface area contributed by atoms with Crippen LogP contribution in [-0.4, -0.2) is 22.8 Å². The quantitative estimate of drug-likeness (QED) is 0.385. The summed E-state index contributed by atoms with van der Waals surface area (Å²) in [6.45, 7) is 11.6. The summed E-state index contributed by atoms with van der Waals surface area (Å²) in [6, 6.07) is 0. The van der Waals surface area contributed by atoms with Crippen LogP contribution in [0.3, 0.4) is 0 Å². The van der Waals surface area contributed by atoms with E-state index in [0.717, 1.165) is 12.8 Å². The molecule has 0 heterocycles. The third-order valence-electron chi connectivity index (χ3n) is 2.44. The molecule has 0 aromatic heterocycles. The monoisotopic (exact) mass is 357 g/mol. The predicted octanol–water partition coefficient (Wildman–Crippen LogP) is -2.68. The second kappa shape index (κ2) is 10.9. The molecule has 0 amide bonds. The molecule has 6 heteroatoms. The second-order valence-electron chi connectivity index (χ2n) is 5.53. The normalized spacial score (nSPS) is 15.3. The van der Waals surface area contributed by atoms with E-state index in [2.05, 4.69) is 51.0 Å². The van der Waals surface area contributed by atoms with Gasteiger partial charge in [-0.2, -0.15) is 6.08 Å². The molecule has 0 saturated heterocycles. The van der Waals surface area contributed by atoms with E-state index in [1.807, 2.05) is 0 Å². The molecule has 18 heavy (non-hydrogen) atoms. The number of hydrogen-bond donors (Lipinski definition) is 0. The van der Waals surface area contributed by atoms with Crippen molar-refractivity contribution in [3.63, 3.8) is 0 Å². The van der Waals surface area contributed by atoms with Gasteiger partial charge in [0.15, 0.2) is 8.32 Å². The zero-order valence-electron chi connectivity index (χ0n) is 11.9. The summed E-state index contributed by atoms with van der Waals surface area (Å²) >= 11 is 0. The van der Waals surface area contributed by atoms with E-state index in [9.17, 15) is 0 Å². The maximum atomic E-state index is 6.27. The third kappa shape index (κ3) is 10.0. The molecule has 0 bridgehead atoms. The van der Waals surface area contributed by atoms with Crippen LogP contribution in [0.4, 0.5) is 0 Å². The van der Waals surface area contributed by atoms with Crippen LogP contribution in [-0.2, 0) is 26.1 Å². The number of allylic oxidation sites excluding steroid dienone is 3. The van der Waals surface area contributed by atoms with Gasteiger partial charge in [-0.3, -0.25) is 6.08 Å². The summed E-state index contributed by atoms with van der Waals surface area (Å²) in [5.41, 5.74) is 1.86. The van der Waals surface area contributed by atoms with Crippen molar-refractivity contribution in [3.8, 4) is 0 Å². The molecular formula is C12H23Cl2OSi2Ti. The summed E-state index contributed by atoms with van der Waals surface area (Å²) < 4.78 is 6.27. The predicted molar refractivity (Wildman–Crippen MR) is 72.2 cm³/mol. The summed E-state index contributed by atoms with van der Waals surface area (Å²) in [5, 5.41) is 0. The number of halogens is 2. The van der Waals surface area contributed by atoms with Gasteiger partial charge in [-0.25, -0.2) is 11.6 Å². The Kier molecular flexibility index (Phi) is 14.7. The third-order valence-corrected chi connectivity index (χ3v) is 5.58. The van der Waals surface area contributed by atoms with Crippen molar-refractivity contribution < 1.29 is 51.0 Å².